The third kappa shape index (κ3) is 6.33. The highest BCUT2D eigenvalue weighted by atomic mass is 127. The molecule has 0 saturated carbocycles. The number of guanidine groups is 1. The van der Waals surface area contributed by atoms with Crippen LogP contribution in [0.1, 0.15) is 34.2 Å². The molecule has 2 aromatic rings. The molecule has 3 N–H and O–H groups in total. The van der Waals surface area contributed by atoms with Crippen LogP contribution < -0.4 is 10.6 Å². The lowest BCUT2D eigenvalue weighted by Crippen LogP contribution is -2.39. The van der Waals surface area contributed by atoms with Crippen LogP contribution in [0.5, 0.6) is 0 Å². The Bertz CT molecular complexity index is 647. The highest BCUT2D eigenvalue weighted by Gasteiger charge is 2.09. The SMILES string of the molecule is CCNC(=NCc1sc(C)nc1C)NCC(O)c1ccncc1.I. The number of nitrogens with one attached hydrogen (secondary N) is 2. The van der Waals surface area contributed by atoms with E-state index in [1.54, 1.807) is 35.9 Å². The maximum atomic E-state index is 10.2. The molecule has 132 valence electrons. The molecule has 0 bridgehead atoms. The zero-order chi connectivity index (χ0) is 16.7. The van der Waals surface area contributed by atoms with E-state index in [0.29, 0.717) is 19.0 Å². The zero-order valence-electron chi connectivity index (χ0n) is 14.1. The van der Waals surface area contributed by atoms with Gasteiger partial charge in [-0.05, 0) is 38.5 Å². The van der Waals surface area contributed by atoms with Crippen molar-refractivity contribution in [2.24, 2.45) is 4.99 Å². The Morgan fingerprint density at radius 2 is 2.00 bits per heavy atom. The number of nitrogens with zero attached hydrogens (tertiary/aromatic N) is 3. The van der Waals surface area contributed by atoms with Crippen molar-refractivity contribution in [1.82, 2.24) is 20.6 Å². The highest BCUT2D eigenvalue weighted by molar-refractivity contribution is 14.0. The Balaban J connectivity index is 0.00000288. The first-order valence-corrected chi connectivity index (χ1v) is 8.45. The van der Waals surface area contributed by atoms with Gasteiger partial charge in [0.25, 0.3) is 0 Å². The Labute approximate surface area is 163 Å². The van der Waals surface area contributed by atoms with Crippen LogP contribution in [0.15, 0.2) is 29.5 Å². The van der Waals surface area contributed by atoms with E-state index in [0.717, 1.165) is 27.7 Å². The van der Waals surface area contributed by atoms with Crippen molar-refractivity contribution in [3.05, 3.63) is 45.7 Å². The number of halogens is 1. The molecule has 0 aromatic carbocycles. The number of pyridine rings is 1. The highest BCUT2D eigenvalue weighted by Crippen LogP contribution is 2.17. The van der Waals surface area contributed by atoms with Crippen LogP contribution >= 0.6 is 35.3 Å². The number of aliphatic imine (C=N–C) groups is 1. The average Bonchev–Trinajstić information content (AvgIpc) is 2.88. The van der Waals surface area contributed by atoms with E-state index in [4.69, 9.17) is 0 Å². The van der Waals surface area contributed by atoms with Gasteiger partial charge in [-0.25, -0.2) is 9.98 Å². The number of hydrogen-bond acceptors (Lipinski definition) is 5. The molecule has 2 rings (SSSR count). The topological polar surface area (TPSA) is 82.4 Å². The Morgan fingerprint density at radius 1 is 1.29 bits per heavy atom. The Hall–Kier alpha value is -1.26. The molecule has 0 spiro atoms. The quantitative estimate of drug-likeness (QED) is 0.350. The van der Waals surface area contributed by atoms with Crippen LogP contribution in [0.3, 0.4) is 0 Å². The summed E-state index contributed by atoms with van der Waals surface area (Å²) in [7, 11) is 0. The number of aliphatic hydroxyl groups excluding tert-OH is 1. The molecular weight excluding hydrogens is 437 g/mol. The van der Waals surface area contributed by atoms with Gasteiger partial charge in [-0.3, -0.25) is 4.98 Å². The molecule has 0 aliphatic carbocycles. The number of aliphatic hydroxyl groups is 1. The third-order valence-corrected chi connectivity index (χ3v) is 4.34. The molecule has 0 amide bonds. The van der Waals surface area contributed by atoms with Gasteiger partial charge in [0.15, 0.2) is 5.96 Å². The van der Waals surface area contributed by atoms with Gasteiger partial charge >= 0.3 is 0 Å². The molecule has 0 saturated heterocycles. The molecule has 2 aromatic heterocycles. The first-order chi connectivity index (χ1) is 11.1. The standard InChI is InChI=1S/C16H23N5OS.HI/c1-4-18-16(20-10-15-11(2)21-12(3)23-15)19-9-14(22)13-5-7-17-8-6-13;/h5-8,14,22H,4,9-10H2,1-3H3,(H2,18,19,20);1H. The van der Waals surface area contributed by atoms with Crippen molar-refractivity contribution in [2.75, 3.05) is 13.1 Å². The molecule has 1 atom stereocenters. The third-order valence-electron chi connectivity index (χ3n) is 3.28. The smallest absolute Gasteiger partial charge is 0.191 e. The van der Waals surface area contributed by atoms with Gasteiger partial charge in [0.05, 0.1) is 23.4 Å². The van der Waals surface area contributed by atoms with Crippen molar-refractivity contribution in [3.8, 4) is 0 Å². The fraction of sp³-hybridized carbons (Fsp3) is 0.438. The van der Waals surface area contributed by atoms with E-state index in [1.165, 1.54) is 0 Å². The average molecular weight is 461 g/mol. The van der Waals surface area contributed by atoms with Gasteiger partial charge in [0.2, 0.25) is 0 Å². The summed E-state index contributed by atoms with van der Waals surface area (Å²) in [4.78, 5) is 14.1. The van der Waals surface area contributed by atoms with Gasteiger partial charge in [0.1, 0.15) is 0 Å². The summed E-state index contributed by atoms with van der Waals surface area (Å²) in [5, 5.41) is 17.6. The van der Waals surface area contributed by atoms with Gasteiger partial charge in [-0.2, -0.15) is 0 Å². The number of aryl methyl sites for hydroxylation is 2. The number of aromatic nitrogens is 2. The molecule has 1 unspecified atom stereocenters. The zero-order valence-corrected chi connectivity index (χ0v) is 17.3. The van der Waals surface area contributed by atoms with Crippen LogP contribution in [0.25, 0.3) is 0 Å². The first-order valence-electron chi connectivity index (χ1n) is 7.63. The van der Waals surface area contributed by atoms with Gasteiger partial charge in [0, 0.05) is 30.4 Å². The summed E-state index contributed by atoms with van der Waals surface area (Å²) in [5.41, 5.74) is 1.86. The van der Waals surface area contributed by atoms with Crippen molar-refractivity contribution >= 4 is 41.3 Å². The number of rotatable bonds is 6. The lowest BCUT2D eigenvalue weighted by atomic mass is 10.1. The fourth-order valence-electron chi connectivity index (χ4n) is 2.11. The molecule has 8 heteroatoms. The van der Waals surface area contributed by atoms with Crippen LogP contribution in [-0.4, -0.2) is 34.1 Å². The maximum Gasteiger partial charge on any atom is 0.191 e. The summed E-state index contributed by atoms with van der Waals surface area (Å²) in [6.45, 7) is 7.74. The van der Waals surface area contributed by atoms with Crippen LogP contribution in [-0.2, 0) is 6.54 Å². The van der Waals surface area contributed by atoms with Crippen LogP contribution in [0, 0.1) is 13.8 Å². The Morgan fingerprint density at radius 3 is 2.58 bits per heavy atom. The summed E-state index contributed by atoms with van der Waals surface area (Å²) >= 11 is 1.67. The first kappa shape index (κ1) is 20.8. The predicted octanol–water partition coefficient (Wildman–Crippen LogP) is 2.56. The lowest BCUT2D eigenvalue weighted by Gasteiger charge is -2.15. The molecule has 24 heavy (non-hydrogen) atoms. The van der Waals surface area contributed by atoms with Crippen molar-refractivity contribution in [2.45, 2.75) is 33.4 Å². The van der Waals surface area contributed by atoms with Gasteiger partial charge in [-0.1, -0.05) is 0 Å². The van der Waals surface area contributed by atoms with E-state index < -0.39 is 6.10 Å². The minimum atomic E-state index is -0.603. The number of thiazole rings is 1. The van der Waals surface area contributed by atoms with Crippen molar-refractivity contribution in [3.63, 3.8) is 0 Å². The summed E-state index contributed by atoms with van der Waals surface area (Å²) < 4.78 is 0. The monoisotopic (exact) mass is 461 g/mol. The molecule has 0 radical (unpaired) electrons. The van der Waals surface area contributed by atoms with E-state index in [1.807, 2.05) is 20.8 Å². The number of hydrogen-bond donors (Lipinski definition) is 3. The van der Waals surface area contributed by atoms with E-state index in [9.17, 15) is 5.11 Å². The van der Waals surface area contributed by atoms with E-state index >= 15 is 0 Å². The summed E-state index contributed by atoms with van der Waals surface area (Å²) in [6.07, 6.45) is 2.74. The second-order valence-electron chi connectivity index (χ2n) is 5.11. The lowest BCUT2D eigenvalue weighted by molar-refractivity contribution is 0.180. The second kappa shape index (κ2) is 10.6. The second-order valence-corrected chi connectivity index (χ2v) is 6.40. The van der Waals surface area contributed by atoms with Crippen LogP contribution in [0.4, 0.5) is 0 Å². The van der Waals surface area contributed by atoms with Gasteiger partial charge in [-0.15, -0.1) is 35.3 Å². The fourth-order valence-corrected chi connectivity index (χ4v) is 2.97. The predicted molar refractivity (Wildman–Crippen MR) is 109 cm³/mol. The van der Waals surface area contributed by atoms with E-state index in [2.05, 4.69) is 25.6 Å². The van der Waals surface area contributed by atoms with Crippen LogP contribution in [0.2, 0.25) is 0 Å². The largest absolute Gasteiger partial charge is 0.387 e. The van der Waals surface area contributed by atoms with Gasteiger partial charge < -0.3 is 15.7 Å². The van der Waals surface area contributed by atoms with Crippen molar-refractivity contribution in [1.29, 1.82) is 0 Å². The maximum absolute atomic E-state index is 10.2. The van der Waals surface area contributed by atoms with E-state index in [-0.39, 0.29) is 24.0 Å². The molecule has 2 heterocycles. The summed E-state index contributed by atoms with van der Waals surface area (Å²) in [5.74, 6) is 0.686. The minimum Gasteiger partial charge on any atom is -0.387 e. The normalized spacial score (nSPS) is 12.4. The summed E-state index contributed by atoms with van der Waals surface area (Å²) in [6, 6.07) is 3.61. The van der Waals surface area contributed by atoms with Crippen molar-refractivity contribution < 1.29 is 5.11 Å². The molecule has 6 nitrogen and oxygen atoms in total. The minimum absolute atomic E-state index is 0. The molecule has 0 fully saturated rings. The molecule has 0 aliphatic rings. The molecular formula is C16H24IN5OS. The molecule has 0 aliphatic heterocycles. The Kier molecular flexibility index (Phi) is 9.16.